The van der Waals surface area contributed by atoms with E-state index < -0.39 is 0 Å². The van der Waals surface area contributed by atoms with Crippen LogP contribution in [0.3, 0.4) is 0 Å². The SMILES string of the molecule is Cc1cc(C)cc(-n2nnnc2SC2CCN(c3ccccc3)C2=O)c1. The maximum absolute atomic E-state index is 12.8. The van der Waals surface area contributed by atoms with Crippen LogP contribution in [-0.2, 0) is 4.79 Å². The number of para-hydroxylation sites is 1. The zero-order valence-electron chi connectivity index (χ0n) is 14.7. The maximum atomic E-state index is 12.8. The molecule has 0 aliphatic carbocycles. The highest BCUT2D eigenvalue weighted by molar-refractivity contribution is 8.00. The van der Waals surface area contributed by atoms with Crippen molar-refractivity contribution in [1.82, 2.24) is 20.2 Å². The molecule has 1 atom stereocenters. The predicted molar refractivity (Wildman–Crippen MR) is 102 cm³/mol. The molecule has 132 valence electrons. The number of aryl methyl sites for hydroxylation is 2. The molecule has 2 heterocycles. The van der Waals surface area contributed by atoms with Gasteiger partial charge in [0.2, 0.25) is 11.1 Å². The highest BCUT2D eigenvalue weighted by Crippen LogP contribution is 2.32. The zero-order valence-corrected chi connectivity index (χ0v) is 15.5. The lowest BCUT2D eigenvalue weighted by molar-refractivity contribution is -0.116. The van der Waals surface area contributed by atoms with Crippen LogP contribution in [0, 0.1) is 13.8 Å². The number of amides is 1. The van der Waals surface area contributed by atoms with Gasteiger partial charge in [0.1, 0.15) is 0 Å². The number of anilines is 1. The first kappa shape index (κ1) is 16.8. The van der Waals surface area contributed by atoms with Crippen LogP contribution in [0.2, 0.25) is 0 Å². The van der Waals surface area contributed by atoms with Gasteiger partial charge < -0.3 is 4.90 Å². The average molecular weight is 365 g/mol. The highest BCUT2D eigenvalue weighted by atomic mass is 32.2. The van der Waals surface area contributed by atoms with E-state index in [1.165, 1.54) is 11.8 Å². The first-order chi connectivity index (χ1) is 12.6. The predicted octanol–water partition coefficient (Wildman–Crippen LogP) is 3.18. The lowest BCUT2D eigenvalue weighted by atomic mass is 10.1. The van der Waals surface area contributed by atoms with E-state index in [0.717, 1.165) is 28.9 Å². The minimum absolute atomic E-state index is 0.108. The van der Waals surface area contributed by atoms with Gasteiger partial charge in [0.15, 0.2) is 0 Å². The molecular formula is C19H19N5OS. The van der Waals surface area contributed by atoms with Crippen LogP contribution >= 0.6 is 11.8 Å². The summed E-state index contributed by atoms with van der Waals surface area (Å²) >= 11 is 1.43. The molecule has 1 unspecified atom stereocenters. The fourth-order valence-electron chi connectivity index (χ4n) is 3.24. The summed E-state index contributed by atoms with van der Waals surface area (Å²) in [5.41, 5.74) is 4.16. The minimum atomic E-state index is -0.175. The Morgan fingerprint density at radius 3 is 2.50 bits per heavy atom. The first-order valence-corrected chi connectivity index (χ1v) is 9.40. The monoisotopic (exact) mass is 365 g/mol. The molecule has 2 aromatic carbocycles. The molecule has 26 heavy (non-hydrogen) atoms. The molecule has 0 radical (unpaired) electrons. The van der Waals surface area contributed by atoms with Gasteiger partial charge in [-0.25, -0.2) is 0 Å². The molecule has 1 aliphatic heterocycles. The molecule has 7 heteroatoms. The molecule has 1 fully saturated rings. The van der Waals surface area contributed by atoms with Crippen LogP contribution in [0.15, 0.2) is 53.7 Å². The molecule has 6 nitrogen and oxygen atoms in total. The Morgan fingerprint density at radius 2 is 1.77 bits per heavy atom. The van der Waals surface area contributed by atoms with Gasteiger partial charge >= 0.3 is 0 Å². The Bertz CT molecular complexity index is 920. The smallest absolute Gasteiger partial charge is 0.240 e. The fraction of sp³-hybridized carbons (Fsp3) is 0.263. The van der Waals surface area contributed by atoms with Crippen molar-refractivity contribution in [2.24, 2.45) is 0 Å². The Labute approximate surface area is 156 Å². The summed E-state index contributed by atoms with van der Waals surface area (Å²) in [7, 11) is 0. The summed E-state index contributed by atoms with van der Waals surface area (Å²) < 4.78 is 1.71. The molecular weight excluding hydrogens is 346 g/mol. The lowest BCUT2D eigenvalue weighted by Crippen LogP contribution is -2.28. The normalized spacial score (nSPS) is 17.1. The van der Waals surface area contributed by atoms with Gasteiger partial charge in [-0.05, 0) is 66.1 Å². The van der Waals surface area contributed by atoms with Crippen molar-refractivity contribution in [3.63, 3.8) is 0 Å². The van der Waals surface area contributed by atoms with Crippen LogP contribution < -0.4 is 4.90 Å². The van der Waals surface area contributed by atoms with Gasteiger partial charge in [-0.15, -0.1) is 5.10 Å². The number of hydrogen-bond acceptors (Lipinski definition) is 5. The Morgan fingerprint density at radius 1 is 1.04 bits per heavy atom. The van der Waals surface area contributed by atoms with Crippen molar-refractivity contribution in [3.05, 3.63) is 59.7 Å². The third-order valence-corrected chi connectivity index (χ3v) is 5.55. The van der Waals surface area contributed by atoms with Gasteiger partial charge in [0, 0.05) is 12.2 Å². The number of nitrogens with zero attached hydrogens (tertiary/aromatic N) is 5. The van der Waals surface area contributed by atoms with Crippen LogP contribution in [0.5, 0.6) is 0 Å². The van der Waals surface area contributed by atoms with Crippen molar-refractivity contribution in [2.45, 2.75) is 30.7 Å². The van der Waals surface area contributed by atoms with Gasteiger partial charge in [0.05, 0.1) is 10.9 Å². The Kier molecular flexibility index (Phi) is 4.46. The van der Waals surface area contributed by atoms with Crippen molar-refractivity contribution in [3.8, 4) is 5.69 Å². The Balaban J connectivity index is 1.56. The van der Waals surface area contributed by atoms with E-state index >= 15 is 0 Å². The summed E-state index contributed by atoms with van der Waals surface area (Å²) in [5.74, 6) is 0.108. The van der Waals surface area contributed by atoms with Gasteiger partial charge in [-0.2, -0.15) is 4.68 Å². The molecule has 1 aromatic heterocycles. The van der Waals surface area contributed by atoms with Crippen LogP contribution in [0.1, 0.15) is 17.5 Å². The lowest BCUT2D eigenvalue weighted by Gasteiger charge is -2.16. The summed E-state index contributed by atoms with van der Waals surface area (Å²) in [5, 5.41) is 12.6. The number of thioether (sulfide) groups is 1. The largest absolute Gasteiger partial charge is 0.311 e. The second-order valence-corrected chi connectivity index (χ2v) is 7.61. The molecule has 3 aromatic rings. The second kappa shape index (κ2) is 6.92. The van der Waals surface area contributed by atoms with Crippen molar-refractivity contribution < 1.29 is 4.79 Å². The van der Waals surface area contributed by atoms with E-state index in [9.17, 15) is 4.79 Å². The first-order valence-electron chi connectivity index (χ1n) is 8.52. The molecule has 0 N–H and O–H groups in total. The van der Waals surface area contributed by atoms with E-state index in [4.69, 9.17) is 0 Å². The molecule has 1 amide bonds. The van der Waals surface area contributed by atoms with E-state index in [-0.39, 0.29) is 11.2 Å². The van der Waals surface area contributed by atoms with Crippen LogP contribution in [0.25, 0.3) is 5.69 Å². The third kappa shape index (κ3) is 3.22. The molecule has 0 spiro atoms. The third-order valence-electron chi connectivity index (χ3n) is 4.36. The number of carbonyl (C=O) groups is 1. The van der Waals surface area contributed by atoms with Crippen molar-refractivity contribution >= 4 is 23.4 Å². The number of carbonyl (C=O) groups excluding carboxylic acids is 1. The number of hydrogen-bond donors (Lipinski definition) is 0. The molecule has 1 saturated heterocycles. The van der Waals surface area contributed by atoms with Crippen molar-refractivity contribution in [1.29, 1.82) is 0 Å². The number of tetrazole rings is 1. The van der Waals surface area contributed by atoms with Crippen LogP contribution in [-0.4, -0.2) is 37.9 Å². The molecule has 4 rings (SSSR count). The quantitative estimate of drug-likeness (QED) is 0.710. The standard InChI is InChI=1S/C19H19N5OS/c1-13-10-14(2)12-16(11-13)24-19(20-21-22-24)26-17-8-9-23(18(17)25)15-6-4-3-5-7-15/h3-7,10-12,17H,8-9H2,1-2H3. The fourth-order valence-corrected chi connectivity index (χ4v) is 4.27. The summed E-state index contributed by atoms with van der Waals surface area (Å²) in [6, 6.07) is 16.0. The number of rotatable bonds is 4. The number of aromatic nitrogens is 4. The highest BCUT2D eigenvalue weighted by Gasteiger charge is 2.34. The summed E-state index contributed by atoms with van der Waals surface area (Å²) in [6.07, 6.45) is 0.776. The van der Waals surface area contributed by atoms with Gasteiger partial charge in [0.25, 0.3) is 0 Å². The summed E-state index contributed by atoms with van der Waals surface area (Å²) in [4.78, 5) is 14.7. The second-order valence-electron chi connectivity index (χ2n) is 6.44. The van der Waals surface area contributed by atoms with E-state index in [2.05, 4.69) is 21.6 Å². The minimum Gasteiger partial charge on any atom is -0.311 e. The summed E-state index contributed by atoms with van der Waals surface area (Å²) in [6.45, 7) is 4.81. The van der Waals surface area contributed by atoms with Crippen LogP contribution in [0.4, 0.5) is 5.69 Å². The van der Waals surface area contributed by atoms with Crippen molar-refractivity contribution in [2.75, 3.05) is 11.4 Å². The molecule has 1 aliphatic rings. The van der Waals surface area contributed by atoms with E-state index in [0.29, 0.717) is 11.7 Å². The maximum Gasteiger partial charge on any atom is 0.240 e. The zero-order chi connectivity index (χ0) is 18.1. The van der Waals surface area contributed by atoms with Gasteiger partial charge in [-0.3, -0.25) is 4.79 Å². The van der Waals surface area contributed by atoms with Gasteiger partial charge in [-0.1, -0.05) is 36.0 Å². The van der Waals surface area contributed by atoms with E-state index in [1.54, 1.807) is 4.68 Å². The molecule has 0 saturated carbocycles. The van der Waals surface area contributed by atoms with E-state index in [1.807, 2.05) is 61.2 Å². The number of benzene rings is 2. The molecule has 0 bridgehead atoms. The topological polar surface area (TPSA) is 63.9 Å². The average Bonchev–Trinajstić information content (AvgIpc) is 3.23. The Hall–Kier alpha value is -2.67.